The number of hydrogen-bond acceptors (Lipinski definition) is 3. The largest absolute Gasteiger partial charge is 0.384 e. The average Bonchev–Trinajstić information content (AvgIpc) is 2.62. The second-order valence-electron chi connectivity index (χ2n) is 3.43. The first-order chi connectivity index (χ1) is 6.72. The van der Waals surface area contributed by atoms with Gasteiger partial charge in [0, 0.05) is 23.9 Å². The highest BCUT2D eigenvalue weighted by atomic mass is 16.6. The molecule has 0 saturated heterocycles. The number of aryl methyl sites for hydroxylation is 1. The van der Waals surface area contributed by atoms with Gasteiger partial charge in [0.25, 0.3) is 5.69 Å². The molecule has 1 aliphatic heterocycles. The normalized spacial score (nSPS) is 13.5. The number of rotatable bonds is 2. The quantitative estimate of drug-likeness (QED) is 0.576. The number of nitrogens with zero attached hydrogens (tertiary/aromatic N) is 1. The Morgan fingerprint density at radius 1 is 1.57 bits per heavy atom. The number of nitro groups is 1. The lowest BCUT2D eigenvalue weighted by atomic mass is 10.0. The predicted octanol–water partition coefficient (Wildman–Crippen LogP) is 2.13. The highest BCUT2D eigenvalue weighted by Gasteiger charge is 2.19. The summed E-state index contributed by atoms with van der Waals surface area (Å²) >= 11 is 0. The summed E-state index contributed by atoms with van der Waals surface area (Å²) in [4.78, 5) is 10.5. The van der Waals surface area contributed by atoms with Gasteiger partial charge in [-0.05, 0) is 24.5 Å². The maximum atomic E-state index is 10.8. The van der Waals surface area contributed by atoms with Crippen molar-refractivity contribution in [2.45, 2.75) is 19.8 Å². The topological polar surface area (TPSA) is 55.2 Å². The Bertz CT molecular complexity index is 388. The van der Waals surface area contributed by atoms with Gasteiger partial charge in [-0.15, -0.1) is 0 Å². The molecule has 0 radical (unpaired) electrons. The summed E-state index contributed by atoms with van der Waals surface area (Å²) in [7, 11) is 0. The monoisotopic (exact) mass is 192 g/mol. The van der Waals surface area contributed by atoms with Crippen molar-refractivity contribution in [3.05, 3.63) is 33.4 Å². The molecule has 0 fully saturated rings. The Morgan fingerprint density at radius 3 is 3.00 bits per heavy atom. The molecule has 0 atom stereocenters. The minimum atomic E-state index is -0.306. The molecular weight excluding hydrogens is 180 g/mol. The Hall–Kier alpha value is -1.58. The fourth-order valence-corrected chi connectivity index (χ4v) is 1.84. The third kappa shape index (κ3) is 1.32. The molecule has 0 bridgehead atoms. The van der Waals surface area contributed by atoms with Crippen LogP contribution in [0, 0.1) is 10.1 Å². The van der Waals surface area contributed by atoms with Crippen LogP contribution >= 0.6 is 0 Å². The minimum absolute atomic E-state index is 0.237. The second kappa shape index (κ2) is 3.29. The second-order valence-corrected chi connectivity index (χ2v) is 3.43. The fraction of sp³-hybridized carbons (Fsp3) is 0.400. The van der Waals surface area contributed by atoms with E-state index >= 15 is 0 Å². The van der Waals surface area contributed by atoms with Crippen LogP contribution in [0.1, 0.15) is 18.1 Å². The van der Waals surface area contributed by atoms with Gasteiger partial charge in [-0.25, -0.2) is 0 Å². The third-order valence-corrected chi connectivity index (χ3v) is 2.59. The molecule has 4 heteroatoms. The van der Waals surface area contributed by atoms with Gasteiger partial charge in [0.2, 0.25) is 0 Å². The van der Waals surface area contributed by atoms with Gasteiger partial charge >= 0.3 is 0 Å². The van der Waals surface area contributed by atoms with Crippen LogP contribution in [0.25, 0.3) is 0 Å². The summed E-state index contributed by atoms with van der Waals surface area (Å²) in [5.41, 5.74) is 3.19. The summed E-state index contributed by atoms with van der Waals surface area (Å²) in [6.07, 6.45) is 1.68. The molecule has 4 nitrogen and oxygen atoms in total. The maximum absolute atomic E-state index is 10.8. The molecule has 0 spiro atoms. The number of anilines is 1. The van der Waals surface area contributed by atoms with Crippen molar-refractivity contribution >= 4 is 11.4 Å². The standard InChI is InChI=1S/C10H12N2O2/c1-2-7-5-8-3-4-11-9(8)6-10(7)12(13)14/h5-6,11H,2-4H2,1H3. The summed E-state index contributed by atoms with van der Waals surface area (Å²) in [5, 5.41) is 13.9. The first-order valence-corrected chi connectivity index (χ1v) is 4.76. The van der Waals surface area contributed by atoms with Gasteiger partial charge in [0.15, 0.2) is 0 Å². The van der Waals surface area contributed by atoms with Crippen molar-refractivity contribution in [3.63, 3.8) is 0 Å². The first-order valence-electron chi connectivity index (χ1n) is 4.76. The van der Waals surface area contributed by atoms with Gasteiger partial charge in [0.1, 0.15) is 0 Å². The molecule has 2 rings (SSSR count). The van der Waals surface area contributed by atoms with Gasteiger partial charge in [0.05, 0.1) is 4.92 Å². The molecule has 0 amide bonds. The maximum Gasteiger partial charge on any atom is 0.274 e. The highest BCUT2D eigenvalue weighted by molar-refractivity contribution is 5.63. The number of nitro benzene ring substituents is 1. The zero-order valence-electron chi connectivity index (χ0n) is 8.04. The smallest absolute Gasteiger partial charge is 0.274 e. The lowest BCUT2D eigenvalue weighted by molar-refractivity contribution is -0.385. The minimum Gasteiger partial charge on any atom is -0.384 e. The van der Waals surface area contributed by atoms with E-state index in [2.05, 4.69) is 5.32 Å². The molecule has 0 unspecified atom stereocenters. The number of fused-ring (bicyclic) bond motifs is 1. The van der Waals surface area contributed by atoms with Crippen LogP contribution in [-0.4, -0.2) is 11.5 Å². The predicted molar refractivity (Wildman–Crippen MR) is 54.7 cm³/mol. The molecule has 14 heavy (non-hydrogen) atoms. The fourth-order valence-electron chi connectivity index (χ4n) is 1.84. The molecule has 1 aliphatic rings. The van der Waals surface area contributed by atoms with Crippen molar-refractivity contribution in [3.8, 4) is 0 Å². The summed E-state index contributed by atoms with van der Waals surface area (Å²) in [6.45, 7) is 2.83. The summed E-state index contributed by atoms with van der Waals surface area (Å²) < 4.78 is 0. The molecule has 1 N–H and O–H groups in total. The van der Waals surface area contributed by atoms with Crippen molar-refractivity contribution < 1.29 is 4.92 Å². The van der Waals surface area contributed by atoms with E-state index in [4.69, 9.17) is 0 Å². The molecule has 1 aromatic carbocycles. The molecular formula is C10H12N2O2. The zero-order valence-corrected chi connectivity index (χ0v) is 8.04. The molecule has 0 saturated carbocycles. The van der Waals surface area contributed by atoms with E-state index in [1.54, 1.807) is 6.07 Å². The van der Waals surface area contributed by atoms with E-state index in [1.807, 2.05) is 13.0 Å². The highest BCUT2D eigenvalue weighted by Crippen LogP contribution is 2.30. The average molecular weight is 192 g/mol. The molecule has 0 aliphatic carbocycles. The Balaban J connectivity index is 2.54. The van der Waals surface area contributed by atoms with Crippen molar-refractivity contribution in [1.82, 2.24) is 0 Å². The first kappa shape index (κ1) is 8.99. The molecule has 74 valence electrons. The SMILES string of the molecule is CCc1cc2c(cc1[N+](=O)[O-])NCC2. The van der Waals surface area contributed by atoms with Crippen LogP contribution in [0.2, 0.25) is 0 Å². The van der Waals surface area contributed by atoms with E-state index in [9.17, 15) is 10.1 Å². The van der Waals surface area contributed by atoms with Gasteiger partial charge < -0.3 is 5.32 Å². The van der Waals surface area contributed by atoms with Crippen molar-refractivity contribution in [2.24, 2.45) is 0 Å². The molecule has 1 aromatic rings. The Kier molecular flexibility index (Phi) is 2.11. The van der Waals surface area contributed by atoms with Gasteiger partial charge in [-0.1, -0.05) is 6.92 Å². The Labute approximate surface area is 82.1 Å². The van der Waals surface area contributed by atoms with E-state index in [-0.39, 0.29) is 10.6 Å². The van der Waals surface area contributed by atoms with Crippen LogP contribution < -0.4 is 5.32 Å². The van der Waals surface area contributed by atoms with E-state index in [0.717, 1.165) is 24.2 Å². The van der Waals surface area contributed by atoms with Crippen LogP contribution in [0.3, 0.4) is 0 Å². The van der Waals surface area contributed by atoms with Crippen LogP contribution in [-0.2, 0) is 12.8 Å². The molecule has 0 aromatic heterocycles. The van der Waals surface area contributed by atoms with Gasteiger partial charge in [-0.3, -0.25) is 10.1 Å². The Morgan fingerprint density at radius 2 is 2.36 bits per heavy atom. The van der Waals surface area contributed by atoms with Crippen molar-refractivity contribution in [1.29, 1.82) is 0 Å². The third-order valence-electron chi connectivity index (χ3n) is 2.59. The summed E-state index contributed by atoms with van der Waals surface area (Å²) in [6, 6.07) is 3.61. The number of nitrogens with one attached hydrogen (secondary N) is 1. The van der Waals surface area contributed by atoms with Crippen LogP contribution in [0.15, 0.2) is 12.1 Å². The lowest BCUT2D eigenvalue weighted by Gasteiger charge is -2.04. The van der Waals surface area contributed by atoms with Crippen LogP contribution in [0.5, 0.6) is 0 Å². The number of benzene rings is 1. The van der Waals surface area contributed by atoms with E-state index in [1.165, 1.54) is 5.56 Å². The number of hydrogen-bond donors (Lipinski definition) is 1. The van der Waals surface area contributed by atoms with E-state index in [0.29, 0.717) is 6.42 Å². The molecule has 1 heterocycles. The summed E-state index contributed by atoms with van der Waals surface area (Å²) in [5.74, 6) is 0. The van der Waals surface area contributed by atoms with Crippen molar-refractivity contribution in [2.75, 3.05) is 11.9 Å². The van der Waals surface area contributed by atoms with Crippen LogP contribution in [0.4, 0.5) is 11.4 Å². The van der Waals surface area contributed by atoms with Gasteiger partial charge in [-0.2, -0.15) is 0 Å². The zero-order chi connectivity index (χ0) is 10.1. The van der Waals surface area contributed by atoms with E-state index < -0.39 is 0 Å². The lowest BCUT2D eigenvalue weighted by Crippen LogP contribution is -1.96.